The van der Waals surface area contributed by atoms with Crippen LogP contribution in [-0.2, 0) is 6.54 Å². The van der Waals surface area contributed by atoms with Gasteiger partial charge >= 0.3 is 0 Å². The molecule has 2 aromatic carbocycles. The van der Waals surface area contributed by atoms with E-state index in [1.165, 1.54) is 27.5 Å². The van der Waals surface area contributed by atoms with E-state index in [9.17, 15) is 9.18 Å². The van der Waals surface area contributed by atoms with Gasteiger partial charge in [-0.2, -0.15) is 9.61 Å². The first kappa shape index (κ1) is 17.9. The fourth-order valence-electron chi connectivity index (χ4n) is 3.37. The SMILES string of the molecule is COc1ccccc1Cn1cnc2c(nnc3c(-c4ccc(F)cc4)cnn32)c1=O. The number of rotatable bonds is 4. The Hall–Kier alpha value is -4.14. The van der Waals surface area contributed by atoms with E-state index in [2.05, 4.69) is 20.3 Å². The number of hydrogen-bond donors (Lipinski definition) is 0. The Balaban J connectivity index is 1.62. The highest BCUT2D eigenvalue weighted by Crippen LogP contribution is 2.24. The molecule has 8 nitrogen and oxygen atoms in total. The van der Waals surface area contributed by atoms with E-state index in [1.807, 2.05) is 24.3 Å². The molecule has 0 aliphatic rings. The fourth-order valence-corrected chi connectivity index (χ4v) is 3.37. The van der Waals surface area contributed by atoms with Gasteiger partial charge in [-0.1, -0.05) is 30.3 Å². The Labute approximate surface area is 169 Å². The highest BCUT2D eigenvalue weighted by Gasteiger charge is 2.16. The number of hydrogen-bond acceptors (Lipinski definition) is 6. The third kappa shape index (κ3) is 2.87. The van der Waals surface area contributed by atoms with Crippen molar-refractivity contribution < 1.29 is 9.13 Å². The largest absolute Gasteiger partial charge is 0.496 e. The maximum absolute atomic E-state index is 13.2. The maximum atomic E-state index is 13.2. The van der Waals surface area contributed by atoms with Crippen LogP contribution < -0.4 is 10.3 Å². The molecule has 0 aliphatic heterocycles. The second kappa shape index (κ2) is 7.03. The first-order valence-corrected chi connectivity index (χ1v) is 9.13. The van der Waals surface area contributed by atoms with Crippen LogP contribution >= 0.6 is 0 Å². The van der Waals surface area contributed by atoms with Gasteiger partial charge in [0.25, 0.3) is 5.56 Å². The minimum atomic E-state index is -0.334. The summed E-state index contributed by atoms with van der Waals surface area (Å²) in [5.74, 6) is 0.353. The molecule has 9 heteroatoms. The van der Waals surface area contributed by atoms with Crippen molar-refractivity contribution in [2.75, 3.05) is 7.11 Å². The molecule has 5 aromatic rings. The number of benzene rings is 2. The van der Waals surface area contributed by atoms with Gasteiger partial charge in [-0.05, 0) is 23.8 Å². The minimum Gasteiger partial charge on any atom is -0.496 e. The van der Waals surface area contributed by atoms with Gasteiger partial charge in [-0.25, -0.2) is 9.37 Å². The van der Waals surface area contributed by atoms with Gasteiger partial charge in [0.15, 0.2) is 16.8 Å². The fraction of sp³-hybridized carbons (Fsp3) is 0.0952. The lowest BCUT2D eigenvalue weighted by Gasteiger charge is -2.10. The van der Waals surface area contributed by atoms with Crippen molar-refractivity contribution in [2.45, 2.75) is 6.54 Å². The predicted molar refractivity (Wildman–Crippen MR) is 108 cm³/mol. The summed E-state index contributed by atoms with van der Waals surface area (Å²) in [7, 11) is 1.58. The molecule has 0 amide bonds. The summed E-state index contributed by atoms with van der Waals surface area (Å²) in [6.07, 6.45) is 3.05. The Morgan fingerprint density at radius 1 is 1.03 bits per heavy atom. The summed E-state index contributed by atoms with van der Waals surface area (Å²) in [5.41, 5.74) is 2.76. The van der Waals surface area contributed by atoms with Gasteiger partial charge in [0.1, 0.15) is 17.9 Å². The van der Waals surface area contributed by atoms with Gasteiger partial charge in [0, 0.05) is 11.1 Å². The molecule has 0 saturated heterocycles. The number of halogens is 1. The molecule has 3 aromatic heterocycles. The summed E-state index contributed by atoms with van der Waals surface area (Å²) in [6.45, 7) is 0.283. The number of para-hydroxylation sites is 1. The lowest BCUT2D eigenvalue weighted by molar-refractivity contribution is 0.408. The van der Waals surface area contributed by atoms with Crippen LogP contribution in [0.1, 0.15) is 5.56 Å². The average Bonchev–Trinajstić information content (AvgIpc) is 3.21. The number of aromatic nitrogens is 6. The summed E-state index contributed by atoms with van der Waals surface area (Å²) in [5, 5.41) is 12.6. The van der Waals surface area contributed by atoms with Crippen LogP contribution in [0.3, 0.4) is 0 Å². The zero-order valence-corrected chi connectivity index (χ0v) is 15.9. The zero-order valence-electron chi connectivity index (χ0n) is 15.9. The van der Waals surface area contributed by atoms with Gasteiger partial charge in [0.05, 0.1) is 19.9 Å². The van der Waals surface area contributed by atoms with Gasteiger partial charge in [-0.3, -0.25) is 9.36 Å². The molecular formula is C21H15FN6O2. The number of nitrogens with zero attached hydrogens (tertiary/aromatic N) is 6. The lowest BCUT2D eigenvalue weighted by atomic mass is 10.1. The first-order valence-electron chi connectivity index (χ1n) is 9.13. The summed E-state index contributed by atoms with van der Waals surface area (Å²) < 4.78 is 21.5. The molecule has 0 spiro atoms. The smallest absolute Gasteiger partial charge is 0.283 e. The highest BCUT2D eigenvalue weighted by atomic mass is 19.1. The van der Waals surface area contributed by atoms with Gasteiger partial charge in [-0.15, -0.1) is 10.2 Å². The normalized spacial score (nSPS) is 11.3. The number of ether oxygens (including phenoxy) is 1. The second-order valence-corrected chi connectivity index (χ2v) is 6.66. The summed E-state index contributed by atoms with van der Waals surface area (Å²) in [4.78, 5) is 17.4. The highest BCUT2D eigenvalue weighted by molar-refractivity contribution is 5.80. The van der Waals surface area contributed by atoms with Crippen LogP contribution in [-0.4, -0.2) is 36.5 Å². The second-order valence-electron chi connectivity index (χ2n) is 6.66. The van der Waals surface area contributed by atoms with Crippen molar-refractivity contribution in [2.24, 2.45) is 0 Å². The average molecular weight is 402 g/mol. The van der Waals surface area contributed by atoms with E-state index in [0.29, 0.717) is 22.6 Å². The number of methoxy groups -OCH3 is 1. The van der Waals surface area contributed by atoms with Crippen LogP contribution in [0.4, 0.5) is 4.39 Å². The Morgan fingerprint density at radius 3 is 2.63 bits per heavy atom. The maximum Gasteiger partial charge on any atom is 0.283 e. The van der Waals surface area contributed by atoms with Crippen molar-refractivity contribution in [3.63, 3.8) is 0 Å². The summed E-state index contributed by atoms with van der Waals surface area (Å²) >= 11 is 0. The zero-order chi connectivity index (χ0) is 20.7. The Bertz CT molecular complexity index is 1440. The van der Waals surface area contributed by atoms with Crippen molar-refractivity contribution in [3.8, 4) is 16.9 Å². The molecule has 5 rings (SSSR count). The molecule has 0 N–H and O–H groups in total. The molecule has 3 heterocycles. The summed E-state index contributed by atoms with van der Waals surface area (Å²) in [6, 6.07) is 13.5. The molecule has 0 saturated carbocycles. The molecule has 0 fully saturated rings. The van der Waals surface area contributed by atoms with Crippen molar-refractivity contribution in [1.29, 1.82) is 0 Å². The number of fused-ring (bicyclic) bond motifs is 3. The van der Waals surface area contributed by atoms with Crippen molar-refractivity contribution in [3.05, 3.63) is 82.8 Å². The van der Waals surface area contributed by atoms with E-state index < -0.39 is 0 Å². The third-order valence-corrected chi connectivity index (χ3v) is 4.87. The van der Waals surface area contributed by atoms with Crippen LogP contribution in [0.2, 0.25) is 0 Å². The van der Waals surface area contributed by atoms with Gasteiger partial charge < -0.3 is 4.74 Å². The minimum absolute atomic E-state index is 0.105. The molecule has 0 radical (unpaired) electrons. The molecule has 0 bridgehead atoms. The van der Waals surface area contributed by atoms with E-state index in [-0.39, 0.29) is 23.4 Å². The molecule has 0 unspecified atom stereocenters. The predicted octanol–water partition coefficient (Wildman–Crippen LogP) is 2.70. The van der Waals surface area contributed by atoms with E-state index in [4.69, 9.17) is 4.74 Å². The van der Waals surface area contributed by atoms with Crippen molar-refractivity contribution >= 4 is 16.8 Å². The van der Waals surface area contributed by atoms with Crippen LogP contribution in [0, 0.1) is 5.82 Å². The molecule has 148 valence electrons. The lowest BCUT2D eigenvalue weighted by Crippen LogP contribution is -2.23. The van der Waals surface area contributed by atoms with Crippen molar-refractivity contribution in [1.82, 2.24) is 29.4 Å². The monoisotopic (exact) mass is 402 g/mol. The molecule has 30 heavy (non-hydrogen) atoms. The molecule has 0 aliphatic carbocycles. The Kier molecular flexibility index (Phi) is 4.20. The molecular weight excluding hydrogens is 387 g/mol. The topological polar surface area (TPSA) is 87.2 Å². The first-order chi connectivity index (χ1) is 14.7. The van der Waals surface area contributed by atoms with E-state index in [1.54, 1.807) is 25.4 Å². The third-order valence-electron chi connectivity index (χ3n) is 4.87. The van der Waals surface area contributed by atoms with Crippen LogP contribution in [0.15, 0.2) is 65.8 Å². The van der Waals surface area contributed by atoms with Gasteiger partial charge in [0.2, 0.25) is 0 Å². The van der Waals surface area contributed by atoms with Crippen LogP contribution in [0.5, 0.6) is 5.75 Å². The van der Waals surface area contributed by atoms with E-state index >= 15 is 0 Å². The standard InChI is InChI=1S/C21H15FN6O2/c1-30-17-5-3-2-4-14(17)11-27-12-23-20-18(21(27)29)25-26-19-16(10-24-28(19)20)13-6-8-15(22)9-7-13/h2-10,12H,11H2,1H3. The Morgan fingerprint density at radius 2 is 1.83 bits per heavy atom. The quantitative estimate of drug-likeness (QED) is 0.459. The van der Waals surface area contributed by atoms with E-state index in [0.717, 1.165) is 11.1 Å². The van der Waals surface area contributed by atoms with Crippen LogP contribution in [0.25, 0.3) is 27.9 Å². The molecule has 0 atom stereocenters.